The number of hydrogen-bond donors (Lipinski definition) is 1. The first-order valence-corrected chi connectivity index (χ1v) is 11.1. The normalized spacial score (nSPS) is 12.2. The molecule has 0 aliphatic carbocycles. The molecule has 7 nitrogen and oxygen atoms in total. The van der Waals surface area contributed by atoms with E-state index in [9.17, 15) is 18.0 Å². The Labute approximate surface area is 175 Å². The topological polar surface area (TPSA) is 92.8 Å². The van der Waals surface area contributed by atoms with Crippen LogP contribution in [0.1, 0.15) is 29.8 Å². The zero-order chi connectivity index (χ0) is 21.8. The van der Waals surface area contributed by atoms with Gasteiger partial charge in [0.05, 0.1) is 29.1 Å². The van der Waals surface area contributed by atoms with Crippen LogP contribution in [0.4, 0.5) is 11.4 Å². The average molecular weight is 439 g/mol. The summed E-state index contributed by atoms with van der Waals surface area (Å²) < 4.78 is 30.7. The van der Waals surface area contributed by atoms with Gasteiger partial charge in [-0.05, 0) is 56.7 Å². The van der Waals surface area contributed by atoms with Crippen LogP contribution in [0.2, 0.25) is 5.02 Å². The number of anilines is 2. The molecule has 2 aromatic carbocycles. The van der Waals surface area contributed by atoms with Crippen molar-refractivity contribution in [3.8, 4) is 0 Å². The lowest BCUT2D eigenvalue weighted by Gasteiger charge is -2.28. The molecule has 9 heteroatoms. The van der Waals surface area contributed by atoms with E-state index in [0.717, 1.165) is 16.1 Å². The van der Waals surface area contributed by atoms with Crippen molar-refractivity contribution in [2.45, 2.75) is 26.8 Å². The number of halogens is 1. The Morgan fingerprint density at radius 2 is 1.90 bits per heavy atom. The maximum Gasteiger partial charge on any atom is 0.339 e. The van der Waals surface area contributed by atoms with Gasteiger partial charge in [-0.15, -0.1) is 0 Å². The average Bonchev–Trinajstić information content (AvgIpc) is 2.62. The van der Waals surface area contributed by atoms with Gasteiger partial charge in [-0.1, -0.05) is 23.7 Å². The fourth-order valence-electron chi connectivity index (χ4n) is 2.79. The highest BCUT2D eigenvalue weighted by Gasteiger charge is 2.29. The van der Waals surface area contributed by atoms with Crippen molar-refractivity contribution in [1.82, 2.24) is 0 Å². The Hall–Kier alpha value is -2.58. The standard InChI is InChI=1S/C20H23ClN2O5S/c1-5-28-20(25)17-12-15(9-10-18(17)21)22-19(24)14(3)23(29(4,26)27)16-8-6-7-13(2)11-16/h6-12,14H,5H2,1-4H3,(H,22,24)/t14-/m1/s1. The third-order valence-electron chi connectivity index (χ3n) is 4.07. The molecule has 0 unspecified atom stereocenters. The molecule has 0 radical (unpaired) electrons. The number of amides is 1. The van der Waals surface area contributed by atoms with Gasteiger partial charge in [0.15, 0.2) is 0 Å². The summed E-state index contributed by atoms with van der Waals surface area (Å²) in [5.41, 5.74) is 1.66. The maximum absolute atomic E-state index is 12.8. The largest absolute Gasteiger partial charge is 0.462 e. The highest BCUT2D eigenvalue weighted by molar-refractivity contribution is 7.92. The summed E-state index contributed by atoms with van der Waals surface area (Å²) in [6, 6.07) is 10.2. The SMILES string of the molecule is CCOC(=O)c1cc(NC(=O)[C@@H](C)N(c2cccc(C)c2)S(C)(=O)=O)ccc1Cl. The molecule has 1 N–H and O–H groups in total. The van der Waals surface area contributed by atoms with Crippen LogP contribution in [-0.2, 0) is 19.6 Å². The van der Waals surface area contributed by atoms with E-state index in [1.807, 2.05) is 13.0 Å². The minimum absolute atomic E-state index is 0.109. The Balaban J connectivity index is 2.31. The number of nitrogens with one attached hydrogen (secondary N) is 1. The molecule has 2 aromatic rings. The van der Waals surface area contributed by atoms with Crippen LogP contribution in [0.3, 0.4) is 0 Å². The van der Waals surface area contributed by atoms with E-state index in [1.54, 1.807) is 25.1 Å². The fraction of sp³-hybridized carbons (Fsp3) is 0.300. The first-order valence-electron chi connectivity index (χ1n) is 8.88. The fourth-order valence-corrected chi connectivity index (χ4v) is 4.15. The minimum atomic E-state index is -3.73. The Bertz CT molecular complexity index is 1020. The summed E-state index contributed by atoms with van der Waals surface area (Å²) in [7, 11) is -3.73. The lowest BCUT2D eigenvalue weighted by atomic mass is 10.2. The molecule has 0 bridgehead atoms. The smallest absolute Gasteiger partial charge is 0.339 e. The van der Waals surface area contributed by atoms with Crippen LogP contribution in [-0.4, -0.2) is 39.2 Å². The highest BCUT2D eigenvalue weighted by Crippen LogP contribution is 2.24. The quantitative estimate of drug-likeness (QED) is 0.666. The van der Waals surface area contributed by atoms with Crippen molar-refractivity contribution >= 4 is 44.9 Å². The van der Waals surface area contributed by atoms with E-state index in [2.05, 4.69) is 5.32 Å². The minimum Gasteiger partial charge on any atom is -0.462 e. The molecule has 0 saturated heterocycles. The monoisotopic (exact) mass is 438 g/mol. The molecule has 0 aliphatic heterocycles. The first kappa shape index (κ1) is 22.7. The zero-order valence-corrected chi connectivity index (χ0v) is 18.2. The number of benzene rings is 2. The third-order valence-corrected chi connectivity index (χ3v) is 5.65. The second-order valence-corrected chi connectivity index (χ2v) is 8.74. The van der Waals surface area contributed by atoms with E-state index in [-0.39, 0.29) is 17.2 Å². The maximum atomic E-state index is 12.8. The zero-order valence-electron chi connectivity index (χ0n) is 16.6. The van der Waals surface area contributed by atoms with Crippen LogP contribution >= 0.6 is 11.6 Å². The van der Waals surface area contributed by atoms with Gasteiger partial charge in [0.1, 0.15) is 6.04 Å². The van der Waals surface area contributed by atoms with Crippen LogP contribution in [0.25, 0.3) is 0 Å². The number of aryl methyl sites for hydroxylation is 1. The van der Waals surface area contributed by atoms with Gasteiger partial charge < -0.3 is 10.1 Å². The lowest BCUT2D eigenvalue weighted by Crippen LogP contribution is -2.45. The van der Waals surface area contributed by atoms with Gasteiger partial charge in [0.2, 0.25) is 15.9 Å². The molecule has 0 aromatic heterocycles. The number of carbonyl (C=O) groups excluding carboxylic acids is 2. The van der Waals surface area contributed by atoms with Crippen LogP contribution < -0.4 is 9.62 Å². The number of nitrogens with zero attached hydrogens (tertiary/aromatic N) is 1. The molecule has 1 amide bonds. The van der Waals surface area contributed by atoms with E-state index in [4.69, 9.17) is 16.3 Å². The van der Waals surface area contributed by atoms with Crippen molar-refractivity contribution in [1.29, 1.82) is 0 Å². The summed E-state index contributed by atoms with van der Waals surface area (Å²) in [6.45, 7) is 5.17. The molecule has 156 valence electrons. The van der Waals surface area contributed by atoms with Crippen molar-refractivity contribution in [3.63, 3.8) is 0 Å². The van der Waals surface area contributed by atoms with Gasteiger partial charge in [0, 0.05) is 5.69 Å². The van der Waals surface area contributed by atoms with Gasteiger partial charge in [-0.2, -0.15) is 0 Å². The molecule has 0 fully saturated rings. The van der Waals surface area contributed by atoms with E-state index in [0.29, 0.717) is 11.4 Å². The second-order valence-electron chi connectivity index (χ2n) is 6.48. The molecule has 2 rings (SSSR count). The highest BCUT2D eigenvalue weighted by atomic mass is 35.5. The summed E-state index contributed by atoms with van der Waals surface area (Å²) in [5.74, 6) is -1.17. The Morgan fingerprint density at radius 1 is 1.21 bits per heavy atom. The number of hydrogen-bond acceptors (Lipinski definition) is 5. The first-order chi connectivity index (χ1) is 13.5. The molecule has 0 heterocycles. The summed E-state index contributed by atoms with van der Waals surface area (Å²) in [4.78, 5) is 24.8. The van der Waals surface area contributed by atoms with Gasteiger partial charge >= 0.3 is 5.97 Å². The second kappa shape index (κ2) is 9.28. The predicted molar refractivity (Wildman–Crippen MR) is 114 cm³/mol. The molecule has 0 spiro atoms. The van der Waals surface area contributed by atoms with E-state index in [1.165, 1.54) is 25.1 Å². The van der Waals surface area contributed by atoms with Crippen molar-refractivity contribution in [3.05, 3.63) is 58.6 Å². The van der Waals surface area contributed by atoms with E-state index < -0.39 is 27.9 Å². The number of esters is 1. The molecular formula is C20H23ClN2O5S. The van der Waals surface area contributed by atoms with Crippen LogP contribution in [0, 0.1) is 6.92 Å². The Morgan fingerprint density at radius 3 is 2.48 bits per heavy atom. The van der Waals surface area contributed by atoms with Crippen molar-refractivity contribution in [2.24, 2.45) is 0 Å². The Kier molecular flexibility index (Phi) is 7.26. The number of carbonyl (C=O) groups is 2. The molecule has 1 atom stereocenters. The molecule has 0 saturated carbocycles. The van der Waals surface area contributed by atoms with Crippen LogP contribution in [0.15, 0.2) is 42.5 Å². The van der Waals surface area contributed by atoms with Crippen LogP contribution in [0.5, 0.6) is 0 Å². The summed E-state index contributed by atoms with van der Waals surface area (Å²) >= 11 is 6.03. The number of ether oxygens (including phenoxy) is 1. The van der Waals surface area contributed by atoms with Gasteiger partial charge in [-0.25, -0.2) is 13.2 Å². The summed E-state index contributed by atoms with van der Waals surface area (Å²) in [5, 5.41) is 2.82. The number of sulfonamides is 1. The molecular weight excluding hydrogens is 416 g/mol. The predicted octanol–water partition coefficient (Wildman–Crippen LogP) is 3.62. The van der Waals surface area contributed by atoms with Gasteiger partial charge in [-0.3, -0.25) is 9.10 Å². The van der Waals surface area contributed by atoms with E-state index >= 15 is 0 Å². The van der Waals surface area contributed by atoms with Gasteiger partial charge in [0.25, 0.3) is 0 Å². The lowest BCUT2D eigenvalue weighted by molar-refractivity contribution is -0.116. The number of rotatable bonds is 7. The van der Waals surface area contributed by atoms with Crippen molar-refractivity contribution in [2.75, 3.05) is 22.5 Å². The molecule has 0 aliphatic rings. The molecule has 29 heavy (non-hydrogen) atoms. The summed E-state index contributed by atoms with van der Waals surface area (Å²) in [6.07, 6.45) is 1.04. The third kappa shape index (κ3) is 5.71. The van der Waals surface area contributed by atoms with Crippen molar-refractivity contribution < 1.29 is 22.7 Å².